The van der Waals surface area contributed by atoms with Gasteiger partial charge in [0.15, 0.2) is 0 Å². The number of hydrogen-bond donors (Lipinski definition) is 0. The second-order valence-electron chi connectivity index (χ2n) is 3.28. The van der Waals surface area contributed by atoms with Crippen molar-refractivity contribution in [3.63, 3.8) is 0 Å². The van der Waals surface area contributed by atoms with Crippen molar-refractivity contribution in [1.82, 2.24) is 0 Å². The first-order valence-electron chi connectivity index (χ1n) is 3.09. The van der Waals surface area contributed by atoms with E-state index in [4.69, 9.17) is 4.74 Å². The molecule has 0 rings (SSSR count). The Bertz CT molecular complexity index is 63.4. The third-order valence-electron chi connectivity index (χ3n) is 0.589. The molecule has 0 spiro atoms. The van der Waals surface area contributed by atoms with E-state index >= 15 is 0 Å². The van der Waals surface area contributed by atoms with Gasteiger partial charge in [0.2, 0.25) is 0 Å². The lowest BCUT2D eigenvalue weighted by Gasteiger charge is -2.22. The van der Waals surface area contributed by atoms with E-state index in [9.17, 15) is 0 Å². The van der Waals surface area contributed by atoms with Crippen LogP contribution in [0.25, 0.3) is 0 Å². The van der Waals surface area contributed by atoms with Gasteiger partial charge in [-0.2, -0.15) is 0 Å². The predicted octanol–water partition coefficient (Wildman–Crippen LogP) is 0.781. The number of rotatable bonds is 1. The molecule has 0 aromatic rings. The van der Waals surface area contributed by atoms with Crippen LogP contribution in [0.5, 0.6) is 0 Å². The molecule has 0 radical (unpaired) electrons. The fraction of sp³-hybridized carbons (Fsp3) is 1.00. The summed E-state index contributed by atoms with van der Waals surface area (Å²) < 4.78 is 5.44. The van der Waals surface area contributed by atoms with E-state index in [0.717, 1.165) is 0 Å². The Labute approximate surface area is 52.8 Å². The van der Waals surface area contributed by atoms with Gasteiger partial charge in [-0.15, -0.1) is 0 Å². The fourth-order valence-electron chi connectivity index (χ4n) is 0.707. The van der Waals surface area contributed by atoms with Crippen LogP contribution in [0.4, 0.5) is 0 Å². The van der Waals surface area contributed by atoms with Crippen LogP contribution >= 0.6 is 0 Å². The Morgan fingerprint density at radius 2 is 1.75 bits per heavy atom. The molecule has 0 fully saturated rings. The van der Waals surface area contributed by atoms with Gasteiger partial charge in [-0.25, -0.2) is 0 Å². The standard InChI is InChI=1S/C6H15BO/c1-5(7)8-6(2,3)4/h5H,7H2,1-4H3. The molecule has 1 atom stereocenters. The second-order valence-corrected chi connectivity index (χ2v) is 3.28. The Morgan fingerprint density at radius 3 is 1.75 bits per heavy atom. The van der Waals surface area contributed by atoms with Gasteiger partial charge in [-0.3, -0.25) is 0 Å². The molecule has 0 aliphatic carbocycles. The largest absolute Gasteiger partial charge is 0.382 e. The normalized spacial score (nSPS) is 16.0. The van der Waals surface area contributed by atoms with Crippen molar-refractivity contribution in [2.75, 3.05) is 0 Å². The zero-order chi connectivity index (χ0) is 6.78. The molecule has 0 saturated carbocycles. The highest BCUT2D eigenvalue weighted by atomic mass is 16.5. The molecule has 0 amide bonds. The van der Waals surface area contributed by atoms with Crippen LogP contribution in [0.2, 0.25) is 0 Å². The number of ether oxygens (including phenoxy) is 1. The van der Waals surface area contributed by atoms with Crippen LogP contribution in [0.1, 0.15) is 27.7 Å². The van der Waals surface area contributed by atoms with Crippen molar-refractivity contribution < 1.29 is 4.74 Å². The highest BCUT2D eigenvalue weighted by Crippen LogP contribution is 2.07. The van der Waals surface area contributed by atoms with Crippen molar-refractivity contribution in [1.29, 1.82) is 0 Å². The average molecular weight is 114 g/mol. The maximum Gasteiger partial charge on any atom is 0.138 e. The summed E-state index contributed by atoms with van der Waals surface area (Å²) >= 11 is 0. The summed E-state index contributed by atoms with van der Waals surface area (Å²) in [4.78, 5) is 0. The molecular weight excluding hydrogens is 98.9 g/mol. The molecule has 0 aromatic heterocycles. The summed E-state index contributed by atoms with van der Waals surface area (Å²) in [6.07, 6.45) is 0. The summed E-state index contributed by atoms with van der Waals surface area (Å²) in [7, 11) is 2.05. The molecule has 0 aromatic carbocycles. The van der Waals surface area contributed by atoms with Crippen molar-refractivity contribution >= 4 is 7.85 Å². The van der Waals surface area contributed by atoms with Gasteiger partial charge in [0.1, 0.15) is 7.85 Å². The Hall–Kier alpha value is 0.0249. The second kappa shape index (κ2) is 2.54. The highest BCUT2D eigenvalue weighted by molar-refractivity contribution is 6.10. The molecule has 1 unspecified atom stereocenters. The molecule has 0 aliphatic rings. The van der Waals surface area contributed by atoms with Crippen LogP contribution in [0.15, 0.2) is 0 Å². The van der Waals surface area contributed by atoms with Crippen LogP contribution in [-0.2, 0) is 4.74 Å². The topological polar surface area (TPSA) is 9.23 Å². The molecule has 48 valence electrons. The van der Waals surface area contributed by atoms with E-state index < -0.39 is 0 Å². The Balaban J connectivity index is 3.39. The van der Waals surface area contributed by atoms with Crippen LogP contribution in [0.3, 0.4) is 0 Å². The molecular formula is C6H15BO. The lowest BCUT2D eigenvalue weighted by atomic mass is 10.0. The van der Waals surface area contributed by atoms with E-state index in [-0.39, 0.29) is 5.60 Å². The van der Waals surface area contributed by atoms with Gasteiger partial charge in [-0.1, -0.05) is 0 Å². The summed E-state index contributed by atoms with van der Waals surface area (Å²) in [6, 6.07) is 0.343. The lowest BCUT2D eigenvalue weighted by Crippen LogP contribution is -2.25. The van der Waals surface area contributed by atoms with Gasteiger partial charge in [0, 0.05) is 6.00 Å². The smallest absolute Gasteiger partial charge is 0.138 e. The van der Waals surface area contributed by atoms with E-state index in [0.29, 0.717) is 6.00 Å². The number of hydrogen-bond acceptors (Lipinski definition) is 1. The lowest BCUT2D eigenvalue weighted by molar-refractivity contribution is -0.0153. The molecule has 2 heteroatoms. The molecule has 0 aliphatic heterocycles. The van der Waals surface area contributed by atoms with E-state index in [1.54, 1.807) is 0 Å². The Kier molecular flexibility index (Phi) is 2.55. The average Bonchev–Trinajstić information content (AvgIpc) is 1.21. The zero-order valence-electron chi connectivity index (χ0n) is 6.49. The fourth-order valence-corrected chi connectivity index (χ4v) is 0.707. The predicted molar refractivity (Wildman–Crippen MR) is 38.8 cm³/mol. The summed E-state index contributed by atoms with van der Waals surface area (Å²) in [5.74, 6) is 0. The van der Waals surface area contributed by atoms with Gasteiger partial charge >= 0.3 is 0 Å². The van der Waals surface area contributed by atoms with Crippen LogP contribution in [0, 0.1) is 0 Å². The van der Waals surface area contributed by atoms with Gasteiger partial charge < -0.3 is 4.74 Å². The van der Waals surface area contributed by atoms with Gasteiger partial charge in [-0.05, 0) is 27.7 Å². The first kappa shape index (κ1) is 8.02. The third-order valence-corrected chi connectivity index (χ3v) is 0.589. The maximum absolute atomic E-state index is 5.44. The van der Waals surface area contributed by atoms with Crippen molar-refractivity contribution in [2.45, 2.75) is 39.3 Å². The minimum absolute atomic E-state index is 0.0220. The molecule has 0 N–H and O–H groups in total. The summed E-state index contributed by atoms with van der Waals surface area (Å²) in [5, 5.41) is 0. The third kappa shape index (κ3) is 6.02. The Morgan fingerprint density at radius 1 is 1.38 bits per heavy atom. The van der Waals surface area contributed by atoms with Crippen molar-refractivity contribution in [2.24, 2.45) is 0 Å². The van der Waals surface area contributed by atoms with Crippen molar-refractivity contribution in [3.05, 3.63) is 0 Å². The van der Waals surface area contributed by atoms with Crippen LogP contribution < -0.4 is 0 Å². The van der Waals surface area contributed by atoms with Crippen molar-refractivity contribution in [3.8, 4) is 0 Å². The summed E-state index contributed by atoms with van der Waals surface area (Å²) in [6.45, 7) is 8.23. The van der Waals surface area contributed by atoms with E-state index in [1.165, 1.54) is 0 Å². The first-order chi connectivity index (χ1) is 3.42. The van der Waals surface area contributed by atoms with Gasteiger partial charge in [0.05, 0.1) is 5.60 Å². The molecule has 0 heterocycles. The minimum atomic E-state index is 0.0220. The molecule has 8 heavy (non-hydrogen) atoms. The highest BCUT2D eigenvalue weighted by Gasteiger charge is 2.10. The quantitative estimate of drug-likeness (QED) is 0.457. The monoisotopic (exact) mass is 114 g/mol. The SMILES string of the molecule is BC(C)OC(C)(C)C. The molecule has 0 saturated heterocycles. The van der Waals surface area contributed by atoms with Gasteiger partial charge in [0.25, 0.3) is 0 Å². The van der Waals surface area contributed by atoms with Crippen LogP contribution in [-0.4, -0.2) is 19.5 Å². The minimum Gasteiger partial charge on any atom is -0.382 e. The summed E-state index contributed by atoms with van der Waals surface area (Å²) in [5.41, 5.74) is 0.0220. The first-order valence-corrected chi connectivity index (χ1v) is 3.09. The zero-order valence-corrected chi connectivity index (χ0v) is 6.49. The van der Waals surface area contributed by atoms with E-state index in [2.05, 4.69) is 20.8 Å². The maximum atomic E-state index is 5.44. The molecule has 1 nitrogen and oxygen atoms in total. The molecule has 0 bridgehead atoms. The van der Waals surface area contributed by atoms with E-state index in [1.807, 2.05) is 14.8 Å².